The molecule has 2 aromatic carbocycles. The third kappa shape index (κ3) is 3.73. The number of benzene rings is 2. The van der Waals surface area contributed by atoms with E-state index in [-0.39, 0.29) is 22.2 Å². The summed E-state index contributed by atoms with van der Waals surface area (Å²) in [5, 5.41) is 9.47. The Bertz CT molecular complexity index is 734. The van der Waals surface area contributed by atoms with Crippen LogP contribution in [-0.4, -0.2) is 13.5 Å². The minimum Gasteiger partial charge on any atom is -0.508 e. The van der Waals surface area contributed by atoms with Crippen LogP contribution in [0.3, 0.4) is 0 Å². The highest BCUT2D eigenvalue weighted by Crippen LogP contribution is 2.25. The van der Waals surface area contributed by atoms with Gasteiger partial charge in [0.2, 0.25) is 10.0 Å². The molecule has 2 aromatic rings. The fraction of sp³-hybridized carbons (Fsp3) is 0.0769. The van der Waals surface area contributed by atoms with Crippen LogP contribution in [0.25, 0.3) is 0 Å². The topological polar surface area (TPSA) is 66.4 Å². The van der Waals surface area contributed by atoms with E-state index in [1.165, 1.54) is 24.3 Å². The zero-order valence-electron chi connectivity index (χ0n) is 10.2. The first-order valence-electron chi connectivity index (χ1n) is 5.61. The first-order valence-corrected chi connectivity index (χ1v) is 8.26. The third-order valence-electron chi connectivity index (χ3n) is 2.56. The lowest BCUT2D eigenvalue weighted by molar-refractivity contribution is 0.474. The average molecular weight is 377 g/mol. The molecular formula is C13H11BrClNO3S. The second-order valence-corrected chi connectivity index (χ2v) is 7.13. The van der Waals surface area contributed by atoms with Gasteiger partial charge >= 0.3 is 0 Å². The lowest BCUT2D eigenvalue weighted by atomic mass is 10.2. The summed E-state index contributed by atoms with van der Waals surface area (Å²) in [4.78, 5) is 0.0162. The lowest BCUT2D eigenvalue weighted by Gasteiger charge is -2.09. The van der Waals surface area contributed by atoms with Crippen LogP contribution in [0.15, 0.2) is 51.8 Å². The minimum absolute atomic E-state index is 0.0162. The zero-order valence-corrected chi connectivity index (χ0v) is 13.3. The molecule has 0 atom stereocenters. The van der Waals surface area contributed by atoms with Crippen molar-refractivity contribution in [3.8, 4) is 5.75 Å². The minimum atomic E-state index is -3.70. The van der Waals surface area contributed by atoms with Crippen LogP contribution >= 0.6 is 27.5 Å². The molecule has 0 aliphatic rings. The summed E-state index contributed by atoms with van der Waals surface area (Å²) in [6.45, 7) is 0.0725. The maximum absolute atomic E-state index is 12.1. The molecule has 0 radical (unpaired) electrons. The maximum atomic E-state index is 12.1. The Morgan fingerprint density at radius 2 is 1.95 bits per heavy atom. The van der Waals surface area contributed by atoms with Gasteiger partial charge in [-0.05, 0) is 35.9 Å². The number of aromatic hydroxyl groups is 1. The molecule has 0 saturated carbocycles. The number of phenolic OH excluding ortho intramolecular Hbond substituents is 1. The van der Waals surface area contributed by atoms with Crippen molar-refractivity contribution in [2.75, 3.05) is 0 Å². The fourth-order valence-corrected chi connectivity index (χ4v) is 3.67. The molecule has 0 aliphatic carbocycles. The Labute approximate surface area is 130 Å². The van der Waals surface area contributed by atoms with Gasteiger partial charge in [-0.25, -0.2) is 13.1 Å². The van der Waals surface area contributed by atoms with Crippen LogP contribution in [0, 0.1) is 0 Å². The van der Waals surface area contributed by atoms with E-state index in [0.717, 1.165) is 0 Å². The monoisotopic (exact) mass is 375 g/mol. The van der Waals surface area contributed by atoms with Gasteiger partial charge in [-0.3, -0.25) is 0 Å². The van der Waals surface area contributed by atoms with Crippen molar-refractivity contribution in [2.24, 2.45) is 0 Å². The molecule has 0 bridgehead atoms. The predicted octanol–water partition coefficient (Wildman–Crippen LogP) is 3.29. The molecule has 106 valence electrons. The van der Waals surface area contributed by atoms with Crippen LogP contribution < -0.4 is 4.72 Å². The molecule has 0 spiro atoms. The summed E-state index contributed by atoms with van der Waals surface area (Å²) in [6, 6.07) is 10.9. The number of sulfonamides is 1. The second kappa shape index (κ2) is 6.13. The van der Waals surface area contributed by atoms with Crippen molar-refractivity contribution in [2.45, 2.75) is 11.4 Å². The van der Waals surface area contributed by atoms with Gasteiger partial charge in [0.1, 0.15) is 10.6 Å². The second-order valence-electron chi connectivity index (χ2n) is 4.07. The van der Waals surface area contributed by atoms with Gasteiger partial charge in [0.25, 0.3) is 0 Å². The lowest BCUT2D eigenvalue weighted by Crippen LogP contribution is -2.23. The highest BCUT2D eigenvalue weighted by Gasteiger charge is 2.17. The Morgan fingerprint density at radius 3 is 2.60 bits per heavy atom. The van der Waals surface area contributed by atoms with Crippen LogP contribution in [0.5, 0.6) is 5.75 Å². The highest BCUT2D eigenvalue weighted by molar-refractivity contribution is 9.10. The largest absolute Gasteiger partial charge is 0.508 e. The van der Waals surface area contributed by atoms with Gasteiger partial charge in [0, 0.05) is 11.0 Å². The van der Waals surface area contributed by atoms with Crippen LogP contribution in [-0.2, 0) is 16.6 Å². The Balaban J connectivity index is 2.19. The summed E-state index contributed by atoms with van der Waals surface area (Å²) in [7, 11) is -3.70. The summed E-state index contributed by atoms with van der Waals surface area (Å²) < 4.78 is 27.4. The quantitative estimate of drug-likeness (QED) is 0.860. The van der Waals surface area contributed by atoms with Gasteiger partial charge in [0.05, 0.1) is 5.02 Å². The molecule has 0 fully saturated rings. The smallest absolute Gasteiger partial charge is 0.242 e. The summed E-state index contributed by atoms with van der Waals surface area (Å²) in [5.41, 5.74) is 0.654. The van der Waals surface area contributed by atoms with E-state index in [1.807, 2.05) is 0 Å². The first kappa shape index (κ1) is 15.3. The average Bonchev–Trinajstić information content (AvgIpc) is 2.36. The molecule has 2 rings (SSSR count). The Morgan fingerprint density at radius 1 is 1.20 bits per heavy atom. The molecule has 20 heavy (non-hydrogen) atoms. The van der Waals surface area contributed by atoms with Crippen LogP contribution in [0.4, 0.5) is 0 Å². The van der Waals surface area contributed by atoms with E-state index in [2.05, 4.69) is 20.7 Å². The Kier molecular flexibility index (Phi) is 4.70. The molecule has 0 heterocycles. The van der Waals surface area contributed by atoms with Crippen molar-refractivity contribution in [3.63, 3.8) is 0 Å². The Hall–Kier alpha value is -1.08. The number of hydrogen-bond donors (Lipinski definition) is 2. The van der Waals surface area contributed by atoms with Gasteiger partial charge in [-0.1, -0.05) is 39.7 Å². The molecule has 0 saturated heterocycles. The van der Waals surface area contributed by atoms with E-state index in [4.69, 9.17) is 11.6 Å². The molecule has 4 nitrogen and oxygen atoms in total. The van der Waals surface area contributed by atoms with Gasteiger partial charge in [-0.15, -0.1) is 0 Å². The molecule has 2 N–H and O–H groups in total. The molecule has 0 amide bonds. The number of rotatable bonds is 4. The summed E-state index contributed by atoms with van der Waals surface area (Å²) in [6.07, 6.45) is 0. The predicted molar refractivity (Wildman–Crippen MR) is 81.3 cm³/mol. The highest BCUT2D eigenvalue weighted by atomic mass is 79.9. The fourth-order valence-electron chi connectivity index (χ4n) is 1.62. The number of hydrogen-bond acceptors (Lipinski definition) is 3. The van der Waals surface area contributed by atoms with E-state index in [9.17, 15) is 13.5 Å². The maximum Gasteiger partial charge on any atom is 0.242 e. The van der Waals surface area contributed by atoms with Crippen molar-refractivity contribution in [3.05, 3.63) is 57.5 Å². The summed E-state index contributed by atoms with van der Waals surface area (Å²) in [5.74, 6) is 0.0865. The van der Waals surface area contributed by atoms with Crippen LogP contribution in [0.2, 0.25) is 5.02 Å². The van der Waals surface area contributed by atoms with E-state index < -0.39 is 10.0 Å². The van der Waals surface area contributed by atoms with E-state index in [0.29, 0.717) is 10.0 Å². The van der Waals surface area contributed by atoms with Gasteiger partial charge in [-0.2, -0.15) is 0 Å². The SMILES string of the molecule is O=S(=O)(NCc1cccc(O)c1)c1ccc(Br)cc1Cl. The molecule has 0 aromatic heterocycles. The molecular weight excluding hydrogens is 366 g/mol. The number of nitrogens with one attached hydrogen (secondary N) is 1. The van der Waals surface area contributed by atoms with E-state index >= 15 is 0 Å². The standard InChI is InChI=1S/C13H11BrClNO3S/c14-10-4-5-13(12(15)7-10)20(18,19)16-8-9-2-1-3-11(17)6-9/h1-7,16-17H,8H2. The third-order valence-corrected chi connectivity index (χ3v) is 4.94. The van der Waals surface area contributed by atoms with Crippen molar-refractivity contribution in [1.29, 1.82) is 0 Å². The zero-order chi connectivity index (χ0) is 14.8. The normalized spacial score (nSPS) is 11.5. The summed E-state index contributed by atoms with van der Waals surface area (Å²) >= 11 is 9.15. The van der Waals surface area contributed by atoms with Crippen molar-refractivity contribution in [1.82, 2.24) is 4.72 Å². The van der Waals surface area contributed by atoms with Gasteiger partial charge < -0.3 is 5.11 Å². The van der Waals surface area contributed by atoms with E-state index in [1.54, 1.807) is 18.2 Å². The molecule has 0 aliphatic heterocycles. The first-order chi connectivity index (χ1) is 9.38. The number of halogens is 2. The van der Waals surface area contributed by atoms with Crippen LogP contribution in [0.1, 0.15) is 5.56 Å². The van der Waals surface area contributed by atoms with Crippen molar-refractivity contribution >= 4 is 37.6 Å². The van der Waals surface area contributed by atoms with Crippen molar-refractivity contribution < 1.29 is 13.5 Å². The molecule has 7 heteroatoms. The molecule has 0 unspecified atom stereocenters. The number of phenols is 1. The van der Waals surface area contributed by atoms with Gasteiger partial charge in [0.15, 0.2) is 0 Å².